The van der Waals surface area contributed by atoms with E-state index in [9.17, 15) is 4.79 Å². The topological polar surface area (TPSA) is 74.0 Å². The van der Waals surface area contributed by atoms with Crippen LogP contribution in [0.3, 0.4) is 0 Å². The zero-order chi connectivity index (χ0) is 19.6. The molecule has 0 aromatic heterocycles. The number of nitrogens with zero attached hydrogens (tertiary/aromatic N) is 3. The fraction of sp³-hybridized carbons (Fsp3) is 0.619. The summed E-state index contributed by atoms with van der Waals surface area (Å²) in [5, 5.41) is 3.41. The lowest BCUT2D eigenvalue weighted by molar-refractivity contribution is -0.119. The van der Waals surface area contributed by atoms with Crippen molar-refractivity contribution in [3.63, 3.8) is 0 Å². The van der Waals surface area contributed by atoms with Gasteiger partial charge in [0.1, 0.15) is 0 Å². The fourth-order valence-electron chi connectivity index (χ4n) is 3.52. The van der Waals surface area contributed by atoms with Gasteiger partial charge in [-0.05, 0) is 45.2 Å². The standard InChI is InChI=1S/C21H35N5O/c1-4-23-21(26-12-8-11-19(16-26)13-20(22)27)24-14-17(2)25(3)15-18-9-6-5-7-10-18/h5-7,9-10,17,19H,4,8,11-16H2,1-3H3,(H2,22,27)(H,23,24). The Bertz CT molecular complexity index is 604. The van der Waals surface area contributed by atoms with Crippen LogP contribution < -0.4 is 11.1 Å². The number of guanidine groups is 1. The van der Waals surface area contributed by atoms with Crippen molar-refractivity contribution in [2.75, 3.05) is 33.2 Å². The van der Waals surface area contributed by atoms with Gasteiger partial charge < -0.3 is 16.0 Å². The molecule has 1 saturated heterocycles. The molecule has 0 spiro atoms. The monoisotopic (exact) mass is 373 g/mol. The van der Waals surface area contributed by atoms with Crippen LogP contribution >= 0.6 is 0 Å². The van der Waals surface area contributed by atoms with Gasteiger partial charge >= 0.3 is 0 Å². The number of nitrogens with one attached hydrogen (secondary N) is 1. The minimum Gasteiger partial charge on any atom is -0.370 e. The van der Waals surface area contributed by atoms with Crippen molar-refractivity contribution >= 4 is 11.9 Å². The smallest absolute Gasteiger partial charge is 0.217 e. The maximum atomic E-state index is 11.3. The highest BCUT2D eigenvalue weighted by Gasteiger charge is 2.23. The fourth-order valence-corrected chi connectivity index (χ4v) is 3.52. The maximum Gasteiger partial charge on any atom is 0.217 e. The van der Waals surface area contributed by atoms with E-state index in [1.807, 2.05) is 6.07 Å². The van der Waals surface area contributed by atoms with Gasteiger partial charge in [-0.3, -0.25) is 14.7 Å². The minimum absolute atomic E-state index is 0.208. The normalized spacial score (nSPS) is 19.2. The predicted molar refractivity (Wildman–Crippen MR) is 111 cm³/mol. The molecule has 0 bridgehead atoms. The van der Waals surface area contributed by atoms with E-state index in [-0.39, 0.29) is 5.91 Å². The van der Waals surface area contributed by atoms with Crippen LogP contribution in [0.2, 0.25) is 0 Å². The second-order valence-corrected chi connectivity index (χ2v) is 7.57. The quantitative estimate of drug-likeness (QED) is 0.540. The Labute approximate surface area is 163 Å². The first kappa shape index (κ1) is 21.2. The SMILES string of the molecule is CCNC(=NCC(C)N(C)Cc1ccccc1)N1CCCC(CC(N)=O)C1. The molecule has 6 heteroatoms. The number of likely N-dealkylation sites (N-methyl/N-ethyl adjacent to an activating group) is 1. The molecular weight excluding hydrogens is 338 g/mol. The Morgan fingerprint density at radius 3 is 2.81 bits per heavy atom. The lowest BCUT2D eigenvalue weighted by atomic mass is 9.95. The van der Waals surface area contributed by atoms with Crippen molar-refractivity contribution in [2.45, 2.75) is 45.7 Å². The molecule has 0 radical (unpaired) electrons. The highest BCUT2D eigenvalue weighted by atomic mass is 16.1. The number of carbonyl (C=O) groups is 1. The van der Waals surface area contributed by atoms with Crippen molar-refractivity contribution in [3.8, 4) is 0 Å². The molecule has 2 unspecified atom stereocenters. The summed E-state index contributed by atoms with van der Waals surface area (Å²) in [4.78, 5) is 20.8. The summed E-state index contributed by atoms with van der Waals surface area (Å²) in [5.74, 6) is 1.07. The number of primary amides is 1. The Morgan fingerprint density at radius 2 is 2.15 bits per heavy atom. The van der Waals surface area contributed by atoms with Crippen LogP contribution in [-0.4, -0.2) is 60.9 Å². The summed E-state index contributed by atoms with van der Waals surface area (Å²) in [6.07, 6.45) is 2.60. The summed E-state index contributed by atoms with van der Waals surface area (Å²) < 4.78 is 0. The molecular formula is C21H35N5O. The number of hydrogen-bond acceptors (Lipinski definition) is 3. The number of hydrogen-bond donors (Lipinski definition) is 2. The number of carbonyl (C=O) groups excluding carboxylic acids is 1. The van der Waals surface area contributed by atoms with E-state index in [1.165, 1.54) is 5.56 Å². The van der Waals surface area contributed by atoms with E-state index >= 15 is 0 Å². The third kappa shape index (κ3) is 7.21. The molecule has 1 heterocycles. The summed E-state index contributed by atoms with van der Waals surface area (Å²) >= 11 is 0. The van der Waals surface area contributed by atoms with E-state index in [2.05, 4.69) is 60.3 Å². The maximum absolute atomic E-state index is 11.3. The molecule has 2 rings (SSSR count). The Balaban J connectivity index is 1.94. The van der Waals surface area contributed by atoms with Crippen LogP contribution in [0.15, 0.2) is 35.3 Å². The third-order valence-corrected chi connectivity index (χ3v) is 5.18. The van der Waals surface area contributed by atoms with E-state index in [1.54, 1.807) is 0 Å². The largest absolute Gasteiger partial charge is 0.370 e. The average Bonchev–Trinajstić information content (AvgIpc) is 2.65. The van der Waals surface area contributed by atoms with Crippen LogP contribution in [0.1, 0.15) is 38.7 Å². The molecule has 150 valence electrons. The Hall–Kier alpha value is -2.08. The van der Waals surface area contributed by atoms with Gasteiger partial charge in [0.25, 0.3) is 0 Å². The minimum atomic E-state index is -0.208. The predicted octanol–water partition coefficient (Wildman–Crippen LogP) is 2.06. The molecule has 1 aromatic rings. The average molecular weight is 374 g/mol. The Morgan fingerprint density at radius 1 is 1.41 bits per heavy atom. The molecule has 1 aromatic carbocycles. The second kappa shape index (κ2) is 10.9. The van der Waals surface area contributed by atoms with Gasteiger partial charge in [-0.1, -0.05) is 30.3 Å². The molecule has 0 aliphatic carbocycles. The summed E-state index contributed by atoms with van der Waals surface area (Å²) in [6.45, 7) is 8.62. The van der Waals surface area contributed by atoms with Crippen LogP contribution in [0.5, 0.6) is 0 Å². The van der Waals surface area contributed by atoms with Crippen molar-refractivity contribution in [3.05, 3.63) is 35.9 Å². The van der Waals surface area contributed by atoms with Gasteiger partial charge in [-0.2, -0.15) is 0 Å². The first-order chi connectivity index (χ1) is 13.0. The summed E-state index contributed by atoms with van der Waals surface area (Å²) in [5.41, 5.74) is 6.70. The molecule has 27 heavy (non-hydrogen) atoms. The van der Waals surface area contributed by atoms with Crippen LogP contribution in [0.25, 0.3) is 0 Å². The van der Waals surface area contributed by atoms with E-state index in [0.717, 1.165) is 51.5 Å². The van der Waals surface area contributed by atoms with E-state index < -0.39 is 0 Å². The third-order valence-electron chi connectivity index (χ3n) is 5.18. The van der Waals surface area contributed by atoms with Crippen molar-refractivity contribution in [1.29, 1.82) is 0 Å². The van der Waals surface area contributed by atoms with Crippen molar-refractivity contribution in [1.82, 2.24) is 15.1 Å². The van der Waals surface area contributed by atoms with Crippen LogP contribution in [0.4, 0.5) is 0 Å². The first-order valence-corrected chi connectivity index (χ1v) is 10.0. The summed E-state index contributed by atoms with van der Waals surface area (Å²) in [6, 6.07) is 10.9. The molecule has 3 N–H and O–H groups in total. The van der Waals surface area contributed by atoms with Gasteiger partial charge in [0.05, 0.1) is 6.54 Å². The number of amides is 1. The molecule has 1 aliphatic heterocycles. The number of benzene rings is 1. The highest BCUT2D eigenvalue weighted by Crippen LogP contribution is 2.19. The van der Waals surface area contributed by atoms with Gasteiger partial charge in [0, 0.05) is 38.6 Å². The van der Waals surface area contributed by atoms with E-state index in [0.29, 0.717) is 18.4 Å². The van der Waals surface area contributed by atoms with Crippen molar-refractivity contribution in [2.24, 2.45) is 16.6 Å². The van der Waals surface area contributed by atoms with Gasteiger partial charge in [-0.15, -0.1) is 0 Å². The Kier molecular flexibility index (Phi) is 8.58. The van der Waals surface area contributed by atoms with Gasteiger partial charge in [0.15, 0.2) is 5.96 Å². The molecule has 1 amide bonds. The zero-order valence-corrected chi connectivity index (χ0v) is 17.0. The highest BCUT2D eigenvalue weighted by molar-refractivity contribution is 5.80. The van der Waals surface area contributed by atoms with Crippen molar-refractivity contribution < 1.29 is 4.79 Å². The van der Waals surface area contributed by atoms with Crippen LogP contribution in [0, 0.1) is 5.92 Å². The lowest BCUT2D eigenvalue weighted by Gasteiger charge is -2.35. The number of nitrogens with two attached hydrogens (primary N) is 1. The molecule has 1 aliphatic rings. The molecule has 1 fully saturated rings. The number of aliphatic imine (C=N–C) groups is 1. The number of rotatable bonds is 8. The molecule has 0 saturated carbocycles. The van der Waals surface area contributed by atoms with Gasteiger partial charge in [0.2, 0.25) is 5.91 Å². The number of likely N-dealkylation sites (tertiary alicyclic amines) is 1. The molecule has 2 atom stereocenters. The summed E-state index contributed by atoms with van der Waals surface area (Å²) in [7, 11) is 2.14. The zero-order valence-electron chi connectivity index (χ0n) is 17.0. The molecule has 6 nitrogen and oxygen atoms in total. The van der Waals surface area contributed by atoms with E-state index in [4.69, 9.17) is 10.7 Å². The first-order valence-electron chi connectivity index (χ1n) is 10.0. The second-order valence-electron chi connectivity index (χ2n) is 7.57. The lowest BCUT2D eigenvalue weighted by Crippen LogP contribution is -2.47. The number of piperidine rings is 1. The van der Waals surface area contributed by atoms with Crippen LogP contribution in [-0.2, 0) is 11.3 Å². The van der Waals surface area contributed by atoms with Gasteiger partial charge in [-0.25, -0.2) is 0 Å².